The van der Waals surface area contributed by atoms with Crippen molar-refractivity contribution >= 4 is 11.7 Å². The molecule has 1 unspecified atom stereocenters. The van der Waals surface area contributed by atoms with Crippen LogP contribution in [-0.2, 0) is 14.4 Å². The summed E-state index contributed by atoms with van der Waals surface area (Å²) >= 11 is 0. The van der Waals surface area contributed by atoms with E-state index in [-0.39, 0.29) is 11.7 Å². The number of amides is 1. The fourth-order valence-electron chi connectivity index (χ4n) is 3.54. The highest BCUT2D eigenvalue weighted by Crippen LogP contribution is 2.37. The van der Waals surface area contributed by atoms with Crippen LogP contribution in [0.4, 0.5) is 0 Å². The lowest BCUT2D eigenvalue weighted by Crippen LogP contribution is -2.54. The maximum Gasteiger partial charge on any atom is 0.235 e. The van der Waals surface area contributed by atoms with Gasteiger partial charge in [-0.3, -0.25) is 9.59 Å². The minimum Gasteiger partial charge on any atom is -0.343 e. The maximum atomic E-state index is 13.0. The number of aryl methyl sites for hydroxylation is 2. The standard InChI is InChI=1S/C17H22N2O3/c1-11-4-5-12(2)13(10-11)14-15(20)17(18-16(14)21)6-8-19(22-3)9-7-17/h4-5,10,14H,6-9H2,1-3H3,(H,18,21). The summed E-state index contributed by atoms with van der Waals surface area (Å²) in [5.41, 5.74) is 2.18. The Morgan fingerprint density at radius 1 is 1.23 bits per heavy atom. The highest BCUT2D eigenvalue weighted by atomic mass is 16.7. The molecule has 1 aromatic rings. The van der Waals surface area contributed by atoms with Gasteiger partial charge in [-0.2, -0.15) is 5.06 Å². The van der Waals surface area contributed by atoms with Crippen molar-refractivity contribution in [2.24, 2.45) is 0 Å². The Morgan fingerprint density at radius 2 is 1.91 bits per heavy atom. The lowest BCUT2D eigenvalue weighted by molar-refractivity contribution is -0.157. The Labute approximate surface area is 130 Å². The number of carbonyl (C=O) groups excluding carboxylic acids is 2. The molecule has 118 valence electrons. The van der Waals surface area contributed by atoms with Crippen LogP contribution in [-0.4, -0.2) is 42.5 Å². The average Bonchev–Trinajstić information content (AvgIpc) is 2.74. The first kappa shape index (κ1) is 15.2. The van der Waals surface area contributed by atoms with Crippen molar-refractivity contribution in [2.45, 2.75) is 38.1 Å². The molecule has 2 heterocycles. The molecule has 0 aromatic heterocycles. The van der Waals surface area contributed by atoms with Gasteiger partial charge in [-0.05, 0) is 37.8 Å². The Morgan fingerprint density at radius 3 is 2.55 bits per heavy atom. The third-order valence-corrected chi connectivity index (χ3v) is 4.94. The van der Waals surface area contributed by atoms with Gasteiger partial charge >= 0.3 is 0 Å². The predicted octanol–water partition coefficient (Wildman–Crippen LogP) is 1.48. The topological polar surface area (TPSA) is 58.6 Å². The Bertz CT molecular complexity index is 618. The third-order valence-electron chi connectivity index (χ3n) is 4.94. The smallest absolute Gasteiger partial charge is 0.235 e. The quantitative estimate of drug-likeness (QED) is 0.841. The monoisotopic (exact) mass is 302 g/mol. The van der Waals surface area contributed by atoms with E-state index in [2.05, 4.69) is 5.32 Å². The molecule has 5 heteroatoms. The second kappa shape index (κ2) is 5.48. The number of hydroxylamine groups is 2. The van der Waals surface area contributed by atoms with Gasteiger partial charge in [-0.15, -0.1) is 0 Å². The lowest BCUT2D eigenvalue weighted by Gasteiger charge is -2.36. The molecular weight excluding hydrogens is 280 g/mol. The molecule has 1 spiro atoms. The van der Waals surface area contributed by atoms with Crippen molar-refractivity contribution in [2.75, 3.05) is 20.2 Å². The van der Waals surface area contributed by atoms with E-state index in [1.165, 1.54) is 0 Å². The zero-order valence-corrected chi connectivity index (χ0v) is 13.3. The van der Waals surface area contributed by atoms with Crippen molar-refractivity contribution in [3.8, 4) is 0 Å². The lowest BCUT2D eigenvalue weighted by atomic mass is 9.80. The van der Waals surface area contributed by atoms with Crippen molar-refractivity contribution in [3.05, 3.63) is 34.9 Å². The minimum absolute atomic E-state index is 0.0157. The largest absolute Gasteiger partial charge is 0.343 e. The second-order valence-corrected chi connectivity index (χ2v) is 6.34. The van der Waals surface area contributed by atoms with Crippen molar-refractivity contribution < 1.29 is 14.4 Å². The number of hydrogen-bond donors (Lipinski definition) is 1. The van der Waals surface area contributed by atoms with Crippen molar-refractivity contribution in [1.82, 2.24) is 10.4 Å². The molecule has 1 N–H and O–H groups in total. The zero-order chi connectivity index (χ0) is 15.9. The van der Waals surface area contributed by atoms with Gasteiger partial charge in [0.2, 0.25) is 5.91 Å². The summed E-state index contributed by atoms with van der Waals surface area (Å²) in [5, 5.41) is 4.82. The fraction of sp³-hybridized carbons (Fsp3) is 0.529. The number of piperidine rings is 1. The van der Waals surface area contributed by atoms with E-state index in [0.29, 0.717) is 25.9 Å². The average molecular weight is 302 g/mol. The maximum absolute atomic E-state index is 13.0. The van der Waals surface area contributed by atoms with Gasteiger partial charge in [0, 0.05) is 13.1 Å². The first-order chi connectivity index (χ1) is 10.5. The Balaban J connectivity index is 1.91. The van der Waals surface area contributed by atoms with Crippen LogP contribution in [0.1, 0.15) is 35.4 Å². The number of nitrogens with zero attached hydrogens (tertiary/aromatic N) is 1. The summed E-state index contributed by atoms with van der Waals surface area (Å²) in [6.45, 7) is 5.24. The van der Waals surface area contributed by atoms with E-state index in [9.17, 15) is 9.59 Å². The van der Waals surface area contributed by atoms with Crippen molar-refractivity contribution in [1.29, 1.82) is 0 Å². The Kier molecular flexibility index (Phi) is 3.78. The van der Waals surface area contributed by atoms with Crippen molar-refractivity contribution in [3.63, 3.8) is 0 Å². The van der Waals surface area contributed by atoms with Gasteiger partial charge in [0.1, 0.15) is 11.5 Å². The van der Waals surface area contributed by atoms with E-state index in [1.54, 1.807) is 7.11 Å². The van der Waals surface area contributed by atoms with Crippen LogP contribution >= 0.6 is 0 Å². The first-order valence-electron chi connectivity index (χ1n) is 7.69. The van der Waals surface area contributed by atoms with Crippen LogP contribution in [0.15, 0.2) is 18.2 Å². The molecule has 1 amide bonds. The molecule has 2 fully saturated rings. The molecule has 2 aliphatic heterocycles. The van der Waals surface area contributed by atoms with E-state index in [0.717, 1.165) is 16.7 Å². The van der Waals surface area contributed by atoms with Crippen LogP contribution in [0, 0.1) is 13.8 Å². The fourth-order valence-corrected chi connectivity index (χ4v) is 3.54. The molecule has 1 aromatic carbocycles. The Hall–Kier alpha value is -1.72. The van der Waals surface area contributed by atoms with Gasteiger partial charge in [-0.25, -0.2) is 0 Å². The molecule has 0 radical (unpaired) electrons. The van der Waals surface area contributed by atoms with Crippen LogP contribution in [0.25, 0.3) is 0 Å². The SMILES string of the molecule is CON1CCC2(CC1)NC(=O)C(c1cc(C)ccc1C)C2=O. The first-order valence-corrected chi connectivity index (χ1v) is 7.69. The summed E-state index contributed by atoms with van der Waals surface area (Å²) in [5.74, 6) is -0.819. The van der Waals surface area contributed by atoms with E-state index >= 15 is 0 Å². The summed E-state index contributed by atoms with van der Waals surface area (Å²) < 4.78 is 0. The van der Waals surface area contributed by atoms with E-state index in [1.807, 2.05) is 37.1 Å². The number of rotatable bonds is 2. The highest BCUT2D eigenvalue weighted by molar-refractivity contribution is 6.17. The molecule has 5 nitrogen and oxygen atoms in total. The van der Waals surface area contributed by atoms with Gasteiger partial charge in [0.05, 0.1) is 7.11 Å². The molecule has 0 bridgehead atoms. The molecule has 2 aliphatic rings. The molecule has 2 saturated heterocycles. The van der Waals surface area contributed by atoms with Crippen LogP contribution in [0.2, 0.25) is 0 Å². The van der Waals surface area contributed by atoms with E-state index < -0.39 is 11.5 Å². The third kappa shape index (κ3) is 2.34. The van der Waals surface area contributed by atoms with Gasteiger partial charge < -0.3 is 10.2 Å². The van der Waals surface area contributed by atoms with Crippen LogP contribution in [0.5, 0.6) is 0 Å². The van der Waals surface area contributed by atoms with Gasteiger partial charge in [0.15, 0.2) is 5.78 Å². The van der Waals surface area contributed by atoms with Gasteiger partial charge in [-0.1, -0.05) is 23.8 Å². The molecule has 22 heavy (non-hydrogen) atoms. The summed E-state index contributed by atoms with van der Waals surface area (Å²) in [7, 11) is 1.63. The second-order valence-electron chi connectivity index (χ2n) is 6.34. The minimum atomic E-state index is -0.715. The van der Waals surface area contributed by atoms with E-state index in [4.69, 9.17) is 4.84 Å². The molecule has 0 saturated carbocycles. The van der Waals surface area contributed by atoms with Crippen LogP contribution < -0.4 is 5.32 Å². The molecule has 3 rings (SSSR count). The number of ketones is 1. The summed E-state index contributed by atoms with van der Waals surface area (Å²) in [4.78, 5) is 30.7. The number of hydrogen-bond acceptors (Lipinski definition) is 4. The number of carbonyl (C=O) groups is 2. The number of nitrogens with one attached hydrogen (secondary N) is 1. The summed E-state index contributed by atoms with van der Waals surface area (Å²) in [6, 6.07) is 5.94. The predicted molar refractivity (Wildman–Crippen MR) is 82.4 cm³/mol. The molecular formula is C17H22N2O3. The number of benzene rings is 1. The van der Waals surface area contributed by atoms with Gasteiger partial charge in [0.25, 0.3) is 0 Å². The molecule has 1 atom stereocenters. The van der Waals surface area contributed by atoms with Crippen LogP contribution in [0.3, 0.4) is 0 Å². The summed E-state index contributed by atoms with van der Waals surface area (Å²) in [6.07, 6.45) is 1.21. The number of Topliss-reactive ketones (excluding diaryl/α,β-unsaturated/α-hetero) is 1. The normalized spacial score (nSPS) is 24.8. The zero-order valence-electron chi connectivity index (χ0n) is 13.3. The molecule has 0 aliphatic carbocycles. The highest BCUT2D eigenvalue weighted by Gasteiger charge is 2.54.